The lowest BCUT2D eigenvalue weighted by Crippen LogP contribution is -2.03. The summed E-state index contributed by atoms with van der Waals surface area (Å²) in [4.78, 5) is 12.5. The van der Waals surface area contributed by atoms with Gasteiger partial charge in [-0.05, 0) is 18.2 Å². The Morgan fingerprint density at radius 2 is 1.67 bits per heavy atom. The van der Waals surface area contributed by atoms with Crippen LogP contribution in [0.3, 0.4) is 0 Å². The fourth-order valence-corrected chi connectivity index (χ4v) is 2.43. The first-order valence-electron chi connectivity index (χ1n) is 6.90. The van der Waals surface area contributed by atoms with Crippen molar-refractivity contribution in [2.75, 3.05) is 14.2 Å². The van der Waals surface area contributed by atoms with E-state index < -0.39 is 5.43 Å². The number of fused-ring (bicyclic) bond motifs is 1. The topological polar surface area (TPSA) is 109 Å². The Balaban J connectivity index is 2.39. The summed E-state index contributed by atoms with van der Waals surface area (Å²) >= 11 is 0. The van der Waals surface area contributed by atoms with Gasteiger partial charge in [0, 0.05) is 12.1 Å². The highest BCUT2D eigenvalue weighted by Gasteiger charge is 2.20. The molecule has 1 heterocycles. The van der Waals surface area contributed by atoms with E-state index in [1.165, 1.54) is 38.5 Å². The molecule has 0 aliphatic carbocycles. The zero-order valence-electron chi connectivity index (χ0n) is 12.9. The molecular weight excluding hydrogens is 316 g/mol. The number of rotatable bonds is 3. The van der Waals surface area contributed by atoms with Crippen LogP contribution in [-0.2, 0) is 0 Å². The summed E-state index contributed by atoms with van der Waals surface area (Å²) in [5.41, 5.74) is -0.420. The van der Waals surface area contributed by atoms with Gasteiger partial charge >= 0.3 is 0 Å². The fourth-order valence-electron chi connectivity index (χ4n) is 2.43. The third-order valence-corrected chi connectivity index (χ3v) is 3.59. The largest absolute Gasteiger partial charge is 0.508 e. The third-order valence-electron chi connectivity index (χ3n) is 3.59. The molecule has 7 heteroatoms. The summed E-state index contributed by atoms with van der Waals surface area (Å²) in [5.74, 6) is -0.377. The van der Waals surface area contributed by atoms with Gasteiger partial charge in [-0.25, -0.2) is 0 Å². The lowest BCUT2D eigenvalue weighted by atomic mass is 10.1. The number of aromatic hydroxyl groups is 3. The molecule has 0 amide bonds. The van der Waals surface area contributed by atoms with Crippen LogP contribution < -0.4 is 14.9 Å². The molecule has 0 saturated heterocycles. The maximum Gasteiger partial charge on any atom is 0.197 e. The predicted octanol–water partition coefficient (Wildman–Crippen LogP) is 2.59. The van der Waals surface area contributed by atoms with Gasteiger partial charge in [-0.2, -0.15) is 0 Å². The molecule has 0 bridgehead atoms. The van der Waals surface area contributed by atoms with Crippen molar-refractivity contribution < 1.29 is 29.2 Å². The number of methoxy groups -OCH3 is 2. The summed E-state index contributed by atoms with van der Waals surface area (Å²) in [5, 5.41) is 29.6. The third kappa shape index (κ3) is 2.36. The van der Waals surface area contributed by atoms with Crippen molar-refractivity contribution in [2.45, 2.75) is 0 Å². The molecule has 3 N–H and O–H groups in total. The second-order valence-corrected chi connectivity index (χ2v) is 5.01. The number of phenols is 3. The van der Waals surface area contributed by atoms with Gasteiger partial charge in [0.2, 0.25) is 0 Å². The molecule has 1 aromatic heterocycles. The van der Waals surface area contributed by atoms with E-state index in [-0.39, 0.29) is 51.0 Å². The molecule has 0 unspecified atom stereocenters. The van der Waals surface area contributed by atoms with Crippen LogP contribution in [0.15, 0.2) is 39.5 Å². The van der Waals surface area contributed by atoms with Crippen molar-refractivity contribution in [1.82, 2.24) is 0 Å². The van der Waals surface area contributed by atoms with E-state index in [0.717, 1.165) is 6.07 Å². The molecular formula is C17H14O7. The molecule has 24 heavy (non-hydrogen) atoms. The van der Waals surface area contributed by atoms with E-state index in [4.69, 9.17) is 13.9 Å². The molecule has 3 aromatic rings. The quantitative estimate of drug-likeness (QED) is 0.633. The van der Waals surface area contributed by atoms with Gasteiger partial charge in [0.15, 0.2) is 28.3 Å². The number of ether oxygens (including phenoxy) is 2. The maximum atomic E-state index is 12.5. The average Bonchev–Trinajstić information content (AvgIpc) is 2.57. The molecule has 7 nitrogen and oxygen atoms in total. The smallest absolute Gasteiger partial charge is 0.197 e. The Bertz CT molecular complexity index is 988. The molecule has 0 fully saturated rings. The minimum absolute atomic E-state index is 0.000966. The van der Waals surface area contributed by atoms with Crippen LogP contribution in [-0.4, -0.2) is 29.5 Å². The molecule has 0 radical (unpaired) electrons. The normalized spacial score (nSPS) is 10.8. The van der Waals surface area contributed by atoms with Gasteiger partial charge < -0.3 is 29.2 Å². The summed E-state index contributed by atoms with van der Waals surface area (Å²) in [7, 11) is 2.73. The highest BCUT2D eigenvalue weighted by Crippen LogP contribution is 2.41. The van der Waals surface area contributed by atoms with Gasteiger partial charge in [-0.1, -0.05) is 0 Å². The Morgan fingerprint density at radius 1 is 0.958 bits per heavy atom. The zero-order valence-corrected chi connectivity index (χ0v) is 12.9. The highest BCUT2D eigenvalue weighted by atomic mass is 16.5. The first kappa shape index (κ1) is 15.5. The molecule has 124 valence electrons. The van der Waals surface area contributed by atoms with Crippen molar-refractivity contribution in [3.05, 3.63) is 40.6 Å². The molecule has 0 spiro atoms. The second kappa shape index (κ2) is 5.69. The number of benzene rings is 2. The van der Waals surface area contributed by atoms with Crippen LogP contribution in [0.4, 0.5) is 0 Å². The number of phenolic OH excluding ortho intramolecular Hbond substituents is 3. The molecule has 0 aliphatic rings. The summed E-state index contributed by atoms with van der Waals surface area (Å²) in [6, 6.07) is 6.32. The van der Waals surface area contributed by atoms with Gasteiger partial charge in [0.05, 0.1) is 19.8 Å². The van der Waals surface area contributed by atoms with Crippen molar-refractivity contribution in [2.24, 2.45) is 0 Å². The highest BCUT2D eigenvalue weighted by molar-refractivity contribution is 5.92. The van der Waals surface area contributed by atoms with E-state index in [1.807, 2.05) is 0 Å². The van der Waals surface area contributed by atoms with Gasteiger partial charge in [-0.3, -0.25) is 4.79 Å². The van der Waals surface area contributed by atoms with E-state index >= 15 is 0 Å². The van der Waals surface area contributed by atoms with Crippen molar-refractivity contribution in [3.63, 3.8) is 0 Å². The average molecular weight is 330 g/mol. The molecule has 3 rings (SSSR count). The van der Waals surface area contributed by atoms with Crippen molar-refractivity contribution in [1.29, 1.82) is 0 Å². The first-order valence-corrected chi connectivity index (χ1v) is 6.90. The number of hydrogen-bond acceptors (Lipinski definition) is 7. The van der Waals surface area contributed by atoms with Crippen LogP contribution in [0, 0.1) is 0 Å². The first-order chi connectivity index (χ1) is 11.5. The lowest BCUT2D eigenvalue weighted by molar-refractivity contribution is 0.365. The Hall–Kier alpha value is -3.35. The lowest BCUT2D eigenvalue weighted by Gasteiger charge is -2.12. The minimum Gasteiger partial charge on any atom is -0.508 e. The summed E-state index contributed by atoms with van der Waals surface area (Å²) < 4.78 is 15.9. The minimum atomic E-state index is -0.552. The standard InChI is InChI=1S/C17H14O7/c1-22-13-7-14(23-2)17-15(16(13)21)11(20)6-12(24-17)9-5-8(18)3-4-10(9)19/h3-7,18-19,21H,1-2H3. The number of hydrogen-bond donors (Lipinski definition) is 3. The summed E-state index contributed by atoms with van der Waals surface area (Å²) in [6.07, 6.45) is 0. The Labute approximate surface area is 135 Å². The van der Waals surface area contributed by atoms with Gasteiger partial charge in [0.1, 0.15) is 22.6 Å². The fraction of sp³-hybridized carbons (Fsp3) is 0.118. The maximum absolute atomic E-state index is 12.5. The van der Waals surface area contributed by atoms with Crippen LogP contribution in [0.2, 0.25) is 0 Å². The molecule has 0 aliphatic heterocycles. The van der Waals surface area contributed by atoms with E-state index in [9.17, 15) is 20.1 Å². The molecule has 0 atom stereocenters. The van der Waals surface area contributed by atoms with Crippen LogP contribution in [0.5, 0.6) is 28.7 Å². The van der Waals surface area contributed by atoms with Gasteiger partial charge in [-0.15, -0.1) is 0 Å². The van der Waals surface area contributed by atoms with Crippen molar-refractivity contribution >= 4 is 11.0 Å². The van der Waals surface area contributed by atoms with Crippen LogP contribution in [0.1, 0.15) is 0 Å². The Morgan fingerprint density at radius 3 is 2.33 bits per heavy atom. The van der Waals surface area contributed by atoms with Crippen molar-refractivity contribution in [3.8, 4) is 40.1 Å². The molecule has 0 saturated carbocycles. The second-order valence-electron chi connectivity index (χ2n) is 5.01. The zero-order chi connectivity index (χ0) is 17.4. The molecule has 2 aromatic carbocycles. The van der Waals surface area contributed by atoms with E-state index in [2.05, 4.69) is 0 Å². The van der Waals surface area contributed by atoms with Gasteiger partial charge in [0.25, 0.3) is 0 Å². The monoisotopic (exact) mass is 330 g/mol. The van der Waals surface area contributed by atoms with E-state index in [1.54, 1.807) is 0 Å². The SMILES string of the molecule is COc1cc(OC)c2oc(-c3cc(O)ccc3O)cc(=O)c2c1O. The van der Waals surface area contributed by atoms with Crippen LogP contribution in [0.25, 0.3) is 22.3 Å². The van der Waals surface area contributed by atoms with Crippen LogP contribution >= 0.6 is 0 Å². The summed E-state index contributed by atoms with van der Waals surface area (Å²) in [6.45, 7) is 0. The Kier molecular flexibility index (Phi) is 3.69. The van der Waals surface area contributed by atoms with E-state index in [0.29, 0.717) is 0 Å². The predicted molar refractivity (Wildman–Crippen MR) is 86.0 cm³/mol.